The lowest BCUT2D eigenvalue weighted by Crippen LogP contribution is -2.68. The van der Waals surface area contributed by atoms with E-state index in [2.05, 4.69) is 85.4 Å². The van der Waals surface area contributed by atoms with Crippen molar-refractivity contribution >= 4 is 17.5 Å². The van der Waals surface area contributed by atoms with Crippen molar-refractivity contribution in [2.24, 2.45) is 56.2 Å². The first-order valence-electron chi connectivity index (χ1n) is 17.4. The molecule has 9 atom stereocenters. The fourth-order valence-corrected chi connectivity index (χ4v) is 12.8. The molecule has 1 aromatic rings. The maximum absolute atomic E-state index is 13.0. The van der Waals surface area contributed by atoms with Crippen LogP contribution in [0.2, 0.25) is 0 Å². The van der Waals surface area contributed by atoms with Gasteiger partial charge in [-0.05, 0) is 139 Å². The van der Waals surface area contributed by atoms with Crippen LogP contribution >= 0.6 is 0 Å². The standard InChI is InChI=1S/C40H56O4/c1-25(2)28-17-20-40(34(43)44)24-22-36(5)30(33(28)40)14-15-31-37(36,6)21-23-39(8)35(3,4)29(18-19-38(31,39)7)27-12-9-26(10-13-27)11-16-32(41)42/h9-10,12-13,18,28,30-31,33H,1,11,14-17,19-24H2,2-8H3,(H,41,42)(H,43,44)/t28-,30?,31?,33?,36+,37+,38+,39-,40-/m0/s1. The second-order valence-electron chi connectivity index (χ2n) is 17.3. The molecule has 4 saturated carbocycles. The Bertz CT molecular complexity index is 1400. The first-order valence-corrected chi connectivity index (χ1v) is 17.4. The number of rotatable bonds is 6. The van der Waals surface area contributed by atoms with Crippen LogP contribution in [0, 0.1) is 56.2 Å². The van der Waals surface area contributed by atoms with E-state index in [1.54, 1.807) is 0 Å². The average molecular weight is 601 g/mol. The number of benzene rings is 1. The minimum absolute atomic E-state index is 0.0246. The molecule has 6 rings (SSSR count). The average Bonchev–Trinajstić information content (AvgIpc) is 3.36. The number of carbonyl (C=O) groups is 2. The minimum atomic E-state index is -0.752. The van der Waals surface area contributed by atoms with Gasteiger partial charge in [0.25, 0.3) is 0 Å². The first kappa shape index (κ1) is 31.6. The molecule has 3 unspecified atom stereocenters. The summed E-state index contributed by atoms with van der Waals surface area (Å²) in [6, 6.07) is 8.67. The van der Waals surface area contributed by atoms with Crippen LogP contribution in [-0.4, -0.2) is 22.2 Å². The third-order valence-corrected chi connectivity index (χ3v) is 16.1. The Kier molecular flexibility index (Phi) is 7.23. The number of hydrogen-bond donors (Lipinski definition) is 2. The van der Waals surface area contributed by atoms with E-state index in [-0.39, 0.29) is 39.4 Å². The Labute approximate surface area is 265 Å². The SMILES string of the molecule is C=C(C)[C@@H]1CC[C@]2(C(=O)O)CC[C@]3(C)C(CCC4[C@@]5(C)CC=C(c6ccc(CCC(=O)O)cc6)C(C)(C)[C@]5(C)CC[C@]43C)C12. The topological polar surface area (TPSA) is 74.6 Å². The van der Waals surface area contributed by atoms with Gasteiger partial charge in [0.05, 0.1) is 5.41 Å². The van der Waals surface area contributed by atoms with Crippen LogP contribution in [0.15, 0.2) is 42.5 Å². The lowest BCUT2D eigenvalue weighted by Gasteiger charge is -2.75. The minimum Gasteiger partial charge on any atom is -0.481 e. The fraction of sp³-hybridized carbons (Fsp3) is 0.700. The molecule has 2 N–H and O–H groups in total. The van der Waals surface area contributed by atoms with Gasteiger partial charge in [0, 0.05) is 6.42 Å². The van der Waals surface area contributed by atoms with E-state index in [1.807, 2.05) is 0 Å². The smallest absolute Gasteiger partial charge is 0.309 e. The summed E-state index contributed by atoms with van der Waals surface area (Å²) in [4.78, 5) is 24.1. The zero-order valence-corrected chi connectivity index (χ0v) is 28.4. The highest BCUT2D eigenvalue weighted by atomic mass is 16.4. The highest BCUT2D eigenvalue weighted by Crippen LogP contribution is 2.80. The van der Waals surface area contributed by atoms with Crippen molar-refractivity contribution in [1.82, 2.24) is 0 Å². The number of aryl methyl sites for hydroxylation is 1. The summed E-state index contributed by atoms with van der Waals surface area (Å²) >= 11 is 0. The highest BCUT2D eigenvalue weighted by molar-refractivity contribution is 5.76. The molecule has 0 radical (unpaired) electrons. The molecule has 0 amide bonds. The molecular formula is C40H56O4. The van der Waals surface area contributed by atoms with Crippen LogP contribution in [0.25, 0.3) is 5.57 Å². The van der Waals surface area contributed by atoms with Crippen LogP contribution in [0.4, 0.5) is 0 Å². The Morgan fingerprint density at radius 2 is 1.50 bits per heavy atom. The number of carboxylic acid groups (broad SMARTS) is 2. The van der Waals surface area contributed by atoms with Crippen molar-refractivity contribution in [1.29, 1.82) is 0 Å². The monoisotopic (exact) mass is 600 g/mol. The summed E-state index contributed by atoms with van der Waals surface area (Å²) in [5.74, 6) is 0.265. The van der Waals surface area contributed by atoms with Crippen LogP contribution in [-0.2, 0) is 16.0 Å². The number of fused-ring (bicyclic) bond motifs is 7. The molecular weight excluding hydrogens is 544 g/mol. The van der Waals surface area contributed by atoms with Gasteiger partial charge in [-0.2, -0.15) is 0 Å². The van der Waals surface area contributed by atoms with Crippen molar-refractivity contribution in [3.8, 4) is 0 Å². The van der Waals surface area contributed by atoms with Gasteiger partial charge in [-0.1, -0.05) is 84.0 Å². The zero-order chi connectivity index (χ0) is 32.1. The van der Waals surface area contributed by atoms with Crippen molar-refractivity contribution < 1.29 is 19.8 Å². The van der Waals surface area contributed by atoms with Crippen molar-refractivity contribution in [2.75, 3.05) is 0 Å². The maximum atomic E-state index is 13.0. The van der Waals surface area contributed by atoms with Gasteiger partial charge in [-0.15, -0.1) is 0 Å². The molecule has 0 spiro atoms. The lowest BCUT2D eigenvalue weighted by molar-refractivity contribution is -0.249. The summed E-state index contributed by atoms with van der Waals surface area (Å²) in [6.45, 7) is 21.9. The molecule has 4 heteroatoms. The summed E-state index contributed by atoms with van der Waals surface area (Å²) < 4.78 is 0. The van der Waals surface area contributed by atoms with Crippen molar-refractivity contribution in [2.45, 2.75) is 119 Å². The molecule has 0 aliphatic heterocycles. The largest absolute Gasteiger partial charge is 0.481 e. The number of allylic oxidation sites excluding steroid dienone is 3. The van der Waals surface area contributed by atoms with Gasteiger partial charge in [0.1, 0.15) is 0 Å². The first-order chi connectivity index (χ1) is 20.5. The number of carboxylic acids is 2. The van der Waals surface area contributed by atoms with Gasteiger partial charge in [0.2, 0.25) is 0 Å². The van der Waals surface area contributed by atoms with Gasteiger partial charge < -0.3 is 10.2 Å². The van der Waals surface area contributed by atoms with Crippen LogP contribution in [0.5, 0.6) is 0 Å². The normalized spacial score (nSPS) is 43.9. The highest BCUT2D eigenvalue weighted by Gasteiger charge is 2.73. The fourth-order valence-electron chi connectivity index (χ4n) is 12.8. The zero-order valence-electron chi connectivity index (χ0n) is 28.4. The Morgan fingerprint density at radius 1 is 0.841 bits per heavy atom. The van der Waals surface area contributed by atoms with E-state index in [9.17, 15) is 14.7 Å². The van der Waals surface area contributed by atoms with Crippen LogP contribution < -0.4 is 0 Å². The van der Waals surface area contributed by atoms with Gasteiger partial charge in [0.15, 0.2) is 0 Å². The van der Waals surface area contributed by atoms with Crippen LogP contribution in [0.1, 0.15) is 124 Å². The molecule has 0 heterocycles. The number of hydrogen-bond acceptors (Lipinski definition) is 2. The second-order valence-corrected chi connectivity index (χ2v) is 17.3. The maximum Gasteiger partial charge on any atom is 0.309 e. The lowest BCUT2D eigenvalue weighted by atomic mass is 9.29. The van der Waals surface area contributed by atoms with Crippen molar-refractivity contribution in [3.05, 3.63) is 53.6 Å². The summed E-state index contributed by atoms with van der Waals surface area (Å²) in [7, 11) is 0. The molecule has 0 bridgehead atoms. The third-order valence-electron chi connectivity index (χ3n) is 16.1. The van der Waals surface area contributed by atoms with E-state index in [0.717, 1.165) is 44.1 Å². The van der Waals surface area contributed by atoms with E-state index in [0.29, 0.717) is 24.2 Å². The van der Waals surface area contributed by atoms with E-state index in [1.165, 1.54) is 36.0 Å². The molecule has 4 nitrogen and oxygen atoms in total. The van der Waals surface area contributed by atoms with E-state index >= 15 is 0 Å². The molecule has 5 aliphatic rings. The molecule has 5 aliphatic carbocycles. The van der Waals surface area contributed by atoms with E-state index < -0.39 is 17.4 Å². The number of aliphatic carboxylic acids is 2. The summed E-state index contributed by atoms with van der Waals surface area (Å²) in [5.41, 5.74) is 4.94. The quantitative estimate of drug-likeness (QED) is 0.319. The second kappa shape index (κ2) is 10.1. The molecule has 0 aromatic heterocycles. The predicted octanol–water partition coefficient (Wildman–Crippen LogP) is 9.83. The molecule has 240 valence electrons. The Hall–Kier alpha value is -2.36. The Balaban J connectivity index is 1.36. The molecule has 1 aromatic carbocycles. The summed E-state index contributed by atoms with van der Waals surface area (Å²) in [6.07, 6.45) is 12.7. The predicted molar refractivity (Wildman–Crippen MR) is 177 cm³/mol. The van der Waals surface area contributed by atoms with Gasteiger partial charge >= 0.3 is 11.9 Å². The van der Waals surface area contributed by atoms with Crippen molar-refractivity contribution in [3.63, 3.8) is 0 Å². The van der Waals surface area contributed by atoms with Gasteiger partial charge in [-0.3, -0.25) is 9.59 Å². The van der Waals surface area contributed by atoms with Crippen LogP contribution in [0.3, 0.4) is 0 Å². The summed E-state index contributed by atoms with van der Waals surface area (Å²) in [5, 5.41) is 19.8. The Morgan fingerprint density at radius 3 is 2.11 bits per heavy atom. The third kappa shape index (κ3) is 3.93. The molecule has 4 fully saturated rings. The van der Waals surface area contributed by atoms with Gasteiger partial charge in [-0.25, -0.2) is 0 Å². The van der Waals surface area contributed by atoms with E-state index in [4.69, 9.17) is 5.11 Å². The molecule has 0 saturated heterocycles. The molecule has 44 heavy (non-hydrogen) atoms.